The molecule has 4 rings (SSSR count). The second kappa shape index (κ2) is 10.4. The van der Waals surface area contributed by atoms with Crippen molar-refractivity contribution in [3.8, 4) is 28.6 Å². The number of hydrogen-bond acceptors (Lipinski definition) is 7. The summed E-state index contributed by atoms with van der Waals surface area (Å²) in [7, 11) is 1.59. The van der Waals surface area contributed by atoms with Gasteiger partial charge in [-0.3, -0.25) is 10.1 Å². The van der Waals surface area contributed by atoms with Gasteiger partial charge in [0.2, 0.25) is 5.82 Å². The van der Waals surface area contributed by atoms with E-state index in [-0.39, 0.29) is 5.69 Å². The van der Waals surface area contributed by atoms with Gasteiger partial charge in [0, 0.05) is 21.9 Å². The van der Waals surface area contributed by atoms with Gasteiger partial charge in [-0.2, -0.15) is 4.98 Å². The lowest BCUT2D eigenvalue weighted by atomic mass is 10.2. The van der Waals surface area contributed by atoms with E-state index in [9.17, 15) is 10.1 Å². The minimum atomic E-state index is -0.416. The molecule has 0 N–H and O–H groups in total. The van der Waals surface area contributed by atoms with Gasteiger partial charge in [-0.15, -0.1) is 0 Å². The highest BCUT2D eigenvalue weighted by molar-refractivity contribution is 7.99. The Morgan fingerprint density at radius 3 is 2.26 bits per heavy atom. The molecule has 1 aromatic heterocycles. The van der Waals surface area contributed by atoms with Crippen LogP contribution in [0.25, 0.3) is 22.8 Å². The predicted octanol–water partition coefficient (Wildman–Crippen LogP) is 6.50. The van der Waals surface area contributed by atoms with Crippen molar-refractivity contribution in [2.45, 2.75) is 23.6 Å². The summed E-state index contributed by atoms with van der Waals surface area (Å²) < 4.78 is 10.9. The van der Waals surface area contributed by atoms with Crippen molar-refractivity contribution in [3.63, 3.8) is 0 Å². The molecule has 0 saturated heterocycles. The van der Waals surface area contributed by atoms with E-state index >= 15 is 0 Å². The number of non-ortho nitro benzene ring substituents is 1. The molecule has 0 amide bonds. The van der Waals surface area contributed by atoms with E-state index in [1.807, 2.05) is 62.4 Å². The summed E-state index contributed by atoms with van der Waals surface area (Å²) in [5, 5.41) is 14.9. The van der Waals surface area contributed by atoms with Gasteiger partial charge in [-0.1, -0.05) is 55.0 Å². The summed E-state index contributed by atoms with van der Waals surface area (Å²) in [6.45, 7) is 4.00. The summed E-state index contributed by atoms with van der Waals surface area (Å²) in [5.41, 5.74) is 1.58. The molecule has 0 saturated carbocycles. The molecule has 0 atom stereocenters. The van der Waals surface area contributed by atoms with Crippen molar-refractivity contribution in [2.75, 3.05) is 7.11 Å². The number of aromatic nitrogens is 2. The first kappa shape index (κ1) is 22.0. The van der Waals surface area contributed by atoms with Crippen LogP contribution in [-0.2, 0) is 0 Å². The topological polar surface area (TPSA) is 91.3 Å². The molecule has 0 spiro atoms. The first-order chi connectivity index (χ1) is 15.2. The molecule has 1 heterocycles. The third-order valence-electron chi connectivity index (χ3n) is 4.17. The Labute approximate surface area is 184 Å². The molecule has 8 heteroatoms. The average Bonchev–Trinajstić information content (AvgIpc) is 3.31. The monoisotopic (exact) mass is 435 g/mol. The zero-order chi connectivity index (χ0) is 22.2. The highest BCUT2D eigenvalue weighted by Gasteiger charge is 2.17. The molecule has 0 radical (unpaired) electrons. The van der Waals surface area contributed by atoms with Crippen molar-refractivity contribution in [1.29, 1.82) is 0 Å². The SMILES string of the molecule is CC.COc1ccccc1-c1noc(-c2ccccc2Sc2ccc([N+](=O)[O-])cc2)n1. The molecule has 4 aromatic rings. The molecule has 0 fully saturated rings. The number of para-hydroxylation sites is 1. The lowest BCUT2D eigenvalue weighted by molar-refractivity contribution is -0.384. The highest BCUT2D eigenvalue weighted by atomic mass is 32.2. The lowest BCUT2D eigenvalue weighted by Crippen LogP contribution is -1.89. The van der Waals surface area contributed by atoms with E-state index in [1.165, 1.54) is 23.9 Å². The Bertz CT molecular complexity index is 1160. The minimum Gasteiger partial charge on any atom is -0.496 e. The number of nitro groups is 1. The fraction of sp³-hybridized carbons (Fsp3) is 0.130. The molecule has 0 bridgehead atoms. The summed E-state index contributed by atoms with van der Waals surface area (Å²) in [6.07, 6.45) is 0. The van der Waals surface area contributed by atoms with E-state index in [2.05, 4.69) is 10.1 Å². The largest absolute Gasteiger partial charge is 0.496 e. The fourth-order valence-electron chi connectivity index (χ4n) is 2.77. The average molecular weight is 436 g/mol. The summed E-state index contributed by atoms with van der Waals surface area (Å²) in [4.78, 5) is 16.7. The highest BCUT2D eigenvalue weighted by Crippen LogP contribution is 2.37. The minimum absolute atomic E-state index is 0.0565. The Balaban J connectivity index is 0.00000132. The quantitative estimate of drug-likeness (QED) is 0.252. The zero-order valence-corrected chi connectivity index (χ0v) is 18.1. The molecule has 0 aliphatic carbocycles. The van der Waals surface area contributed by atoms with Crippen LogP contribution in [0.1, 0.15) is 13.8 Å². The van der Waals surface area contributed by atoms with Crippen LogP contribution in [0.5, 0.6) is 5.75 Å². The smallest absolute Gasteiger partial charge is 0.269 e. The molecular weight excluding hydrogens is 414 g/mol. The lowest BCUT2D eigenvalue weighted by Gasteiger charge is -2.06. The second-order valence-electron chi connectivity index (χ2n) is 5.97. The molecule has 0 unspecified atom stereocenters. The van der Waals surface area contributed by atoms with Crippen molar-refractivity contribution >= 4 is 17.4 Å². The number of ether oxygens (including phenoxy) is 1. The maximum atomic E-state index is 10.8. The van der Waals surface area contributed by atoms with E-state index in [0.29, 0.717) is 17.5 Å². The molecule has 158 valence electrons. The maximum Gasteiger partial charge on any atom is 0.269 e. The second-order valence-corrected chi connectivity index (χ2v) is 7.09. The van der Waals surface area contributed by atoms with Gasteiger partial charge in [0.1, 0.15) is 5.75 Å². The van der Waals surface area contributed by atoms with Crippen LogP contribution in [0.3, 0.4) is 0 Å². The summed E-state index contributed by atoms with van der Waals surface area (Å²) >= 11 is 1.47. The van der Waals surface area contributed by atoms with Gasteiger partial charge in [0.05, 0.1) is 23.2 Å². The zero-order valence-electron chi connectivity index (χ0n) is 17.3. The van der Waals surface area contributed by atoms with Crippen LogP contribution in [0.15, 0.2) is 87.1 Å². The van der Waals surface area contributed by atoms with Crippen LogP contribution < -0.4 is 4.74 Å². The number of rotatable bonds is 6. The molecular formula is C23H21N3O4S. The number of benzene rings is 3. The van der Waals surface area contributed by atoms with Gasteiger partial charge in [0.15, 0.2) is 0 Å². The van der Waals surface area contributed by atoms with Crippen molar-refractivity contribution in [3.05, 3.63) is 82.9 Å². The third-order valence-corrected chi connectivity index (χ3v) is 5.25. The van der Waals surface area contributed by atoms with Crippen LogP contribution in [0, 0.1) is 10.1 Å². The molecule has 31 heavy (non-hydrogen) atoms. The standard InChI is InChI=1S/C21H15N3O4S.C2H6/c1-27-18-8-4-2-6-16(18)20-22-21(28-23-20)17-7-3-5-9-19(17)29-15-12-10-14(11-13-15)24(25)26;1-2/h2-13H,1H3;1-2H3. The Morgan fingerprint density at radius 2 is 1.58 bits per heavy atom. The van der Waals surface area contributed by atoms with Gasteiger partial charge in [0.25, 0.3) is 11.6 Å². The van der Waals surface area contributed by atoms with E-state index in [1.54, 1.807) is 19.2 Å². The number of nitrogens with zero attached hydrogens (tertiary/aromatic N) is 3. The maximum absolute atomic E-state index is 10.8. The van der Waals surface area contributed by atoms with E-state index in [0.717, 1.165) is 20.9 Å². The Hall–Kier alpha value is -3.65. The van der Waals surface area contributed by atoms with Crippen LogP contribution in [-0.4, -0.2) is 22.2 Å². The normalized spacial score (nSPS) is 10.2. The Morgan fingerprint density at radius 1 is 0.935 bits per heavy atom. The fourth-order valence-corrected chi connectivity index (χ4v) is 3.70. The van der Waals surface area contributed by atoms with Gasteiger partial charge < -0.3 is 9.26 Å². The van der Waals surface area contributed by atoms with Gasteiger partial charge >= 0.3 is 0 Å². The van der Waals surface area contributed by atoms with E-state index in [4.69, 9.17) is 9.26 Å². The van der Waals surface area contributed by atoms with Crippen LogP contribution in [0.2, 0.25) is 0 Å². The first-order valence-electron chi connectivity index (χ1n) is 9.64. The number of hydrogen-bond donors (Lipinski definition) is 0. The number of methoxy groups -OCH3 is 1. The van der Waals surface area contributed by atoms with Gasteiger partial charge in [-0.05, 0) is 36.4 Å². The molecule has 3 aromatic carbocycles. The Kier molecular flexibility index (Phi) is 7.40. The van der Waals surface area contributed by atoms with Crippen molar-refractivity contribution in [1.82, 2.24) is 10.1 Å². The van der Waals surface area contributed by atoms with E-state index < -0.39 is 4.92 Å². The van der Waals surface area contributed by atoms with Crippen LogP contribution >= 0.6 is 11.8 Å². The van der Waals surface area contributed by atoms with Gasteiger partial charge in [-0.25, -0.2) is 0 Å². The molecule has 0 aliphatic rings. The first-order valence-corrected chi connectivity index (χ1v) is 10.5. The molecule has 7 nitrogen and oxygen atoms in total. The summed E-state index contributed by atoms with van der Waals surface area (Å²) in [5.74, 6) is 1.48. The van der Waals surface area contributed by atoms with Crippen LogP contribution in [0.4, 0.5) is 5.69 Å². The molecule has 0 aliphatic heterocycles. The third kappa shape index (κ3) is 5.10. The van der Waals surface area contributed by atoms with Crippen molar-refractivity contribution < 1.29 is 14.2 Å². The predicted molar refractivity (Wildman–Crippen MR) is 120 cm³/mol. The van der Waals surface area contributed by atoms with Crippen molar-refractivity contribution in [2.24, 2.45) is 0 Å². The summed E-state index contributed by atoms with van der Waals surface area (Å²) in [6, 6.07) is 21.5. The number of nitro benzene ring substituents is 1.